The minimum Gasteiger partial charge on any atom is -0.493 e. The second kappa shape index (κ2) is 57.7. The van der Waals surface area contributed by atoms with Gasteiger partial charge in [0.05, 0.1) is 114 Å². The Morgan fingerprint density at radius 1 is 0.534 bits per heavy atom. The second-order valence-electron chi connectivity index (χ2n) is 37.3. The van der Waals surface area contributed by atoms with Crippen LogP contribution in [0.25, 0.3) is 0 Å². The van der Waals surface area contributed by atoms with Gasteiger partial charge in [0.15, 0.2) is 23.0 Å². The molecule has 0 aliphatic carbocycles. The van der Waals surface area contributed by atoms with Crippen molar-refractivity contribution in [2.45, 2.75) is 224 Å². The van der Waals surface area contributed by atoms with Gasteiger partial charge in [-0.3, -0.25) is 62.5 Å². The van der Waals surface area contributed by atoms with Crippen molar-refractivity contribution < 1.29 is 129 Å². The number of rotatable bonds is 41. The highest BCUT2D eigenvalue weighted by Gasteiger charge is 2.46. The first-order valence-corrected chi connectivity index (χ1v) is 52.2. The summed E-state index contributed by atoms with van der Waals surface area (Å²) in [6.45, 7) is 17.8. The standard InChI is InChI=1S/C104H141N13O27S2/c1-67-53-79(118)32-33-92(120)107-69(3)97(125)111-83(21-13-15-39-106-91(119)37-44-138-50-47-133-8)99(127)109-76-28-24-71(25-29-76)62-142-102(130)115-61-77-19-16-40-113(77)100(128)80-57-87(135-10)89(59-85(80)115)140-64-73-54-74(56-78(55-73)112(42-45-139-51-48-134-9)66-104(5,6)146-145-52-18-23-95(123)144-117-93(121)34-35-94(117)122)65-141-90-60-86-81(58-88(90)136-11)101(129)114-41-17-22-84(114)70(4)116(86)103(131)143-63-72-26-30-75(31-27-72)108-98(126)82(110-96(67)124)20-12-14-38-105-68(2)36-43-137-49-46-132-7/h24-31,54-60,67,69-70,77,82-84,105H,2,12-23,32-53,61-66H2,1,3-11H3,(H,106,119)(H,107,120)(H,108,126)(H,109,127)(H,110,124)(H,111,125)/t67-,69+,70?,77+,82+,83+,84+/m1/s1. The molecule has 1 unspecified atom stereocenters. The molecule has 5 aromatic carbocycles. The Labute approximate surface area is 860 Å². The number of unbranched alkanes of at least 4 members (excludes halogenated alkanes) is 2. The molecule has 40 nitrogen and oxygen atoms in total. The van der Waals surface area contributed by atoms with Crippen LogP contribution in [0.15, 0.2) is 103 Å². The van der Waals surface area contributed by atoms with Crippen molar-refractivity contribution >= 4 is 133 Å². The van der Waals surface area contributed by atoms with Gasteiger partial charge in [0.25, 0.3) is 23.6 Å². The van der Waals surface area contributed by atoms with E-state index in [-0.39, 0.29) is 174 Å². The number of ether oxygens (including phenoxy) is 12. The van der Waals surface area contributed by atoms with Crippen LogP contribution in [0, 0.1) is 5.92 Å². The predicted octanol–water partition coefficient (Wildman–Crippen LogP) is 11.2. The van der Waals surface area contributed by atoms with Gasteiger partial charge in [0, 0.05) is 170 Å². The molecule has 0 radical (unpaired) electrons. The molecule has 796 valence electrons. The summed E-state index contributed by atoms with van der Waals surface area (Å²) >= 11 is 0. The van der Waals surface area contributed by atoms with E-state index in [1.807, 2.05) is 25.1 Å². The number of hydroxylamine groups is 2. The van der Waals surface area contributed by atoms with E-state index in [1.165, 1.54) is 37.9 Å². The van der Waals surface area contributed by atoms with Crippen molar-refractivity contribution in [3.05, 3.63) is 137 Å². The SMILES string of the molecule is C=C(CCOCCOC)NCCCC[C@@H]1NC(=O)[C@H](C)CC(=O)CCC(=O)N[C@@H](C)C(=O)N[C@@H](CCCCNC(=O)CCOCCOC)C(=O)Nc2ccc(cc2)COC(=O)N2C[C@@H]3CCCN3C(=O)c3cc(OC)c(cc32)OCc2cc(cc(N(CCOCCOC)CC(C)(C)SSCCCC(=O)ON3C(=O)CCC3=O)c2)COc2cc3c(cc2OC)C(=O)N2CCC[C@H]2C(C)N3C(=O)OCc2ccc(cc2)NC1=O. The number of Topliss-reactive ketones (excluding diaryl/α,β-unsaturated/α-hetero) is 1. The molecule has 12 amide bonds. The molecule has 9 heterocycles. The van der Waals surface area contributed by atoms with E-state index in [0.29, 0.717) is 193 Å². The van der Waals surface area contributed by atoms with Crippen molar-refractivity contribution in [1.82, 2.24) is 41.4 Å². The van der Waals surface area contributed by atoms with Gasteiger partial charge in [0.1, 0.15) is 50.3 Å². The van der Waals surface area contributed by atoms with E-state index in [9.17, 15) is 52.7 Å². The van der Waals surface area contributed by atoms with Gasteiger partial charge in [-0.2, -0.15) is 0 Å². The molecule has 146 heavy (non-hydrogen) atoms. The number of ketones is 1. The number of imide groups is 1. The van der Waals surface area contributed by atoms with Crippen molar-refractivity contribution in [2.75, 3.05) is 172 Å². The summed E-state index contributed by atoms with van der Waals surface area (Å²) in [7, 11) is 10.8. The quantitative estimate of drug-likeness (QED) is 0.0109. The highest BCUT2D eigenvalue weighted by molar-refractivity contribution is 8.77. The highest BCUT2D eigenvalue weighted by Crippen LogP contribution is 2.45. The Balaban J connectivity index is 0.909. The van der Waals surface area contributed by atoms with E-state index in [4.69, 9.17) is 61.7 Å². The number of hydrogen-bond donors (Lipinski definition) is 7. The average molecular weight is 2070 g/mol. The van der Waals surface area contributed by atoms with Crippen LogP contribution in [0.2, 0.25) is 0 Å². The molecular formula is C104H141N13O27S2. The van der Waals surface area contributed by atoms with Crippen LogP contribution < -0.4 is 70.9 Å². The van der Waals surface area contributed by atoms with Crippen molar-refractivity contribution in [2.24, 2.45) is 5.92 Å². The first-order valence-electron chi connectivity index (χ1n) is 49.9. The fraction of sp³-hybridized carbons (Fsp3) is 0.558. The Morgan fingerprint density at radius 2 is 1.07 bits per heavy atom. The molecule has 3 fully saturated rings. The number of carbonyl (C=O) groups is 14. The summed E-state index contributed by atoms with van der Waals surface area (Å²) in [6, 6.07) is 20.3. The molecule has 5 aromatic rings. The summed E-state index contributed by atoms with van der Waals surface area (Å²) in [6.07, 6.45) is 3.06. The van der Waals surface area contributed by atoms with E-state index in [2.05, 4.69) is 62.5 Å². The Hall–Kier alpha value is -12.3. The van der Waals surface area contributed by atoms with Gasteiger partial charge in [-0.05, 0) is 175 Å². The first kappa shape index (κ1) is 114. The summed E-state index contributed by atoms with van der Waals surface area (Å²) in [5.41, 5.74) is 5.08. The number of carbonyl (C=O) groups excluding carboxylic acids is 14. The van der Waals surface area contributed by atoms with Crippen LogP contribution in [-0.4, -0.2) is 285 Å². The molecule has 0 spiro atoms. The van der Waals surface area contributed by atoms with Gasteiger partial charge in [-0.25, -0.2) is 14.4 Å². The lowest BCUT2D eigenvalue weighted by Gasteiger charge is -2.34. The third-order valence-electron chi connectivity index (χ3n) is 25.6. The number of nitrogens with zero attached hydrogens (tertiary/aromatic N) is 6. The smallest absolute Gasteiger partial charge is 0.414 e. The Morgan fingerprint density at radius 3 is 1.66 bits per heavy atom. The molecule has 0 saturated carbocycles. The zero-order valence-corrected chi connectivity index (χ0v) is 86.8. The Bertz CT molecular complexity index is 5310. The lowest BCUT2D eigenvalue weighted by Crippen LogP contribution is -2.51. The topological polar surface area (TPSA) is 463 Å². The molecular weight excluding hydrogens is 1930 g/mol. The second-order valence-corrected chi connectivity index (χ2v) is 40.4. The molecule has 9 aliphatic heterocycles. The highest BCUT2D eigenvalue weighted by atomic mass is 33.1. The van der Waals surface area contributed by atoms with Gasteiger partial charge in [-0.15, -0.1) is 5.06 Å². The normalized spacial score (nSPS) is 19.8. The number of fused-ring (bicyclic) bond motifs is 2. The van der Waals surface area contributed by atoms with Gasteiger partial charge in [0.2, 0.25) is 35.4 Å². The summed E-state index contributed by atoms with van der Waals surface area (Å²) in [5, 5.41) is 20.7. The van der Waals surface area contributed by atoms with E-state index < -0.39 is 112 Å². The average Bonchev–Trinajstić information content (AvgIpc) is 1.61. The van der Waals surface area contributed by atoms with Gasteiger partial charge < -0.3 is 114 Å². The lowest BCUT2D eigenvalue weighted by atomic mass is 9.99. The largest absolute Gasteiger partial charge is 0.493 e. The zero-order chi connectivity index (χ0) is 105. The third-order valence-corrected chi connectivity index (χ3v) is 28.9. The van der Waals surface area contributed by atoms with Crippen LogP contribution in [0.5, 0.6) is 23.0 Å². The summed E-state index contributed by atoms with van der Waals surface area (Å²) in [4.78, 5) is 208. The van der Waals surface area contributed by atoms with Crippen LogP contribution in [0.3, 0.4) is 0 Å². The number of amides is 12. The molecule has 42 heteroatoms. The van der Waals surface area contributed by atoms with Crippen LogP contribution >= 0.6 is 21.6 Å². The maximum absolute atomic E-state index is 15.2. The molecule has 10 bridgehead atoms. The van der Waals surface area contributed by atoms with Gasteiger partial charge in [-0.1, -0.05) is 59.4 Å². The van der Waals surface area contributed by atoms with Crippen molar-refractivity contribution in [3.8, 4) is 23.0 Å². The number of anilines is 5. The van der Waals surface area contributed by atoms with Gasteiger partial charge >= 0.3 is 18.2 Å². The summed E-state index contributed by atoms with van der Waals surface area (Å²) < 4.78 is 70.4. The minimum absolute atomic E-state index is 0.0255. The zero-order valence-electron chi connectivity index (χ0n) is 85.2. The summed E-state index contributed by atoms with van der Waals surface area (Å²) in [5.74, 6) is -6.10. The fourth-order valence-electron chi connectivity index (χ4n) is 17.6. The van der Waals surface area contributed by atoms with Crippen LogP contribution in [0.4, 0.5) is 38.0 Å². The molecule has 9 aliphatic rings. The molecule has 14 rings (SSSR count). The first-order chi connectivity index (χ1) is 70.3. The van der Waals surface area contributed by atoms with Crippen molar-refractivity contribution in [1.29, 1.82) is 0 Å². The van der Waals surface area contributed by atoms with Crippen molar-refractivity contribution in [3.63, 3.8) is 0 Å². The maximum atomic E-state index is 15.2. The maximum Gasteiger partial charge on any atom is 0.414 e. The third kappa shape index (κ3) is 34.1. The number of methoxy groups -OCH3 is 5. The molecule has 3 saturated heterocycles. The molecule has 0 aromatic heterocycles. The predicted molar refractivity (Wildman–Crippen MR) is 546 cm³/mol. The van der Waals surface area contributed by atoms with E-state index >= 15 is 14.4 Å². The lowest BCUT2D eigenvalue weighted by molar-refractivity contribution is -0.197. The Kier molecular flexibility index (Phi) is 45.1. The van der Waals surface area contributed by atoms with E-state index in [1.54, 1.807) is 126 Å². The molecule has 7 N–H and O–H groups in total. The minimum atomic E-state index is -1.21. The number of benzene rings is 5. The molecule has 7 atom stereocenters. The fourth-order valence-corrected chi connectivity index (χ4v) is 20.2. The van der Waals surface area contributed by atoms with E-state index in [0.717, 1.165) is 5.70 Å². The monoisotopic (exact) mass is 2070 g/mol. The van der Waals surface area contributed by atoms with Crippen LogP contribution in [-0.2, 0) is 117 Å². The number of nitrogens with one attached hydrogen (secondary N) is 7. The number of hydrogen-bond acceptors (Lipinski definition) is 31. The van der Waals surface area contributed by atoms with Crippen LogP contribution in [0.1, 0.15) is 200 Å².